The van der Waals surface area contributed by atoms with Crippen LogP contribution < -0.4 is 15.4 Å². The Bertz CT molecular complexity index is 668. The molecule has 7 heteroatoms. The number of amides is 3. The highest BCUT2D eigenvalue weighted by molar-refractivity contribution is 6.03. The van der Waals surface area contributed by atoms with Gasteiger partial charge in [0.15, 0.2) is 6.10 Å². The summed E-state index contributed by atoms with van der Waals surface area (Å²) >= 11 is 0. The lowest BCUT2D eigenvalue weighted by Gasteiger charge is -2.35. The summed E-state index contributed by atoms with van der Waals surface area (Å²) in [5, 5.41) is 0. The molecule has 0 aliphatic carbocycles. The van der Waals surface area contributed by atoms with Crippen LogP contribution in [-0.2, 0) is 14.4 Å². The Labute approximate surface area is 140 Å². The third-order valence-corrected chi connectivity index (χ3v) is 4.62. The number of carbonyl (C=O) groups is 3. The molecule has 2 N–H and O–H groups in total. The van der Waals surface area contributed by atoms with Crippen molar-refractivity contribution in [3.63, 3.8) is 0 Å². The van der Waals surface area contributed by atoms with Crippen LogP contribution in [0.25, 0.3) is 0 Å². The smallest absolute Gasteiger partial charge is 0.268 e. The molecule has 24 heavy (non-hydrogen) atoms. The normalized spacial score (nSPS) is 21.2. The summed E-state index contributed by atoms with van der Waals surface area (Å²) in [4.78, 5) is 39.4. The molecule has 0 bridgehead atoms. The molecule has 0 aromatic heterocycles. The molecule has 1 unspecified atom stereocenters. The summed E-state index contributed by atoms with van der Waals surface area (Å²) in [7, 11) is 0. The van der Waals surface area contributed by atoms with Gasteiger partial charge in [-0.05, 0) is 31.9 Å². The fourth-order valence-electron chi connectivity index (χ4n) is 3.17. The Hall–Kier alpha value is -2.57. The first kappa shape index (κ1) is 16.3. The topological polar surface area (TPSA) is 92.9 Å². The lowest BCUT2D eigenvalue weighted by atomic mass is 9.96. The van der Waals surface area contributed by atoms with E-state index in [1.54, 1.807) is 30.0 Å². The number of nitrogens with two attached hydrogens (primary N) is 1. The van der Waals surface area contributed by atoms with E-state index < -0.39 is 6.10 Å². The van der Waals surface area contributed by atoms with Crippen molar-refractivity contribution >= 4 is 23.4 Å². The number of nitrogens with zero attached hydrogens (tertiary/aromatic N) is 2. The number of rotatable bonds is 3. The summed E-state index contributed by atoms with van der Waals surface area (Å²) in [6.45, 7) is 2.63. The molecule has 0 saturated carbocycles. The van der Waals surface area contributed by atoms with Gasteiger partial charge in [0.25, 0.3) is 5.91 Å². The highest BCUT2D eigenvalue weighted by Gasteiger charge is 2.34. The van der Waals surface area contributed by atoms with Crippen LogP contribution in [0.1, 0.15) is 19.8 Å². The second kappa shape index (κ2) is 6.51. The Morgan fingerprint density at radius 3 is 2.58 bits per heavy atom. The average Bonchev–Trinajstić information content (AvgIpc) is 2.58. The van der Waals surface area contributed by atoms with Crippen LogP contribution in [0.4, 0.5) is 5.69 Å². The van der Waals surface area contributed by atoms with Crippen LogP contribution in [0.2, 0.25) is 0 Å². The van der Waals surface area contributed by atoms with E-state index in [4.69, 9.17) is 10.5 Å². The summed E-state index contributed by atoms with van der Waals surface area (Å²) in [6, 6.07) is 7.19. The van der Waals surface area contributed by atoms with Crippen LogP contribution >= 0.6 is 0 Å². The van der Waals surface area contributed by atoms with E-state index in [1.807, 2.05) is 6.07 Å². The molecule has 1 aromatic carbocycles. The SMILES string of the molecule is CC1Oc2ccccc2N(CC(=O)N2CCC(C(N)=O)CC2)C1=O. The molecular weight excluding hydrogens is 310 g/mol. The Morgan fingerprint density at radius 2 is 1.92 bits per heavy atom. The first-order valence-corrected chi connectivity index (χ1v) is 8.11. The number of para-hydroxylation sites is 2. The average molecular weight is 331 g/mol. The number of hydrogen-bond acceptors (Lipinski definition) is 4. The monoisotopic (exact) mass is 331 g/mol. The largest absolute Gasteiger partial charge is 0.479 e. The molecule has 2 heterocycles. The predicted octanol–water partition coefficient (Wildman–Crippen LogP) is 0.524. The van der Waals surface area contributed by atoms with Gasteiger partial charge in [-0.2, -0.15) is 0 Å². The summed E-state index contributed by atoms with van der Waals surface area (Å²) in [5.41, 5.74) is 5.93. The molecule has 2 aliphatic rings. The van der Waals surface area contributed by atoms with Crippen molar-refractivity contribution < 1.29 is 19.1 Å². The molecule has 0 spiro atoms. The van der Waals surface area contributed by atoms with Gasteiger partial charge in [-0.1, -0.05) is 12.1 Å². The molecule has 1 atom stereocenters. The lowest BCUT2D eigenvalue weighted by molar-refractivity contribution is -0.135. The first-order valence-electron chi connectivity index (χ1n) is 8.11. The molecular formula is C17H21N3O4. The molecule has 1 fully saturated rings. The Morgan fingerprint density at radius 1 is 1.25 bits per heavy atom. The van der Waals surface area contributed by atoms with Gasteiger partial charge in [-0.3, -0.25) is 19.3 Å². The van der Waals surface area contributed by atoms with Crippen LogP contribution in [0.5, 0.6) is 5.75 Å². The number of likely N-dealkylation sites (tertiary alicyclic amines) is 1. The van der Waals surface area contributed by atoms with E-state index in [0.29, 0.717) is 37.4 Å². The predicted molar refractivity (Wildman–Crippen MR) is 87.4 cm³/mol. The van der Waals surface area contributed by atoms with E-state index in [9.17, 15) is 14.4 Å². The van der Waals surface area contributed by atoms with Gasteiger partial charge in [-0.25, -0.2) is 0 Å². The van der Waals surface area contributed by atoms with Crippen LogP contribution in [-0.4, -0.2) is 48.4 Å². The maximum Gasteiger partial charge on any atom is 0.268 e. The van der Waals surface area contributed by atoms with Crippen molar-refractivity contribution in [2.75, 3.05) is 24.5 Å². The van der Waals surface area contributed by atoms with E-state index >= 15 is 0 Å². The number of benzene rings is 1. The summed E-state index contributed by atoms with van der Waals surface area (Å²) in [5.74, 6) is -0.234. The second-order valence-corrected chi connectivity index (χ2v) is 6.21. The first-order chi connectivity index (χ1) is 11.5. The zero-order chi connectivity index (χ0) is 17.3. The Balaban J connectivity index is 1.70. The highest BCUT2D eigenvalue weighted by atomic mass is 16.5. The molecule has 1 saturated heterocycles. The van der Waals surface area contributed by atoms with Crippen LogP contribution in [0, 0.1) is 5.92 Å². The van der Waals surface area contributed by atoms with Gasteiger partial charge in [-0.15, -0.1) is 0 Å². The van der Waals surface area contributed by atoms with Gasteiger partial charge in [0.05, 0.1) is 5.69 Å². The minimum absolute atomic E-state index is 0.0230. The number of anilines is 1. The van der Waals surface area contributed by atoms with E-state index in [2.05, 4.69) is 0 Å². The molecule has 2 aliphatic heterocycles. The maximum atomic E-state index is 12.6. The third-order valence-electron chi connectivity index (χ3n) is 4.62. The molecule has 7 nitrogen and oxygen atoms in total. The quantitative estimate of drug-likeness (QED) is 0.874. The fourth-order valence-corrected chi connectivity index (χ4v) is 3.17. The maximum absolute atomic E-state index is 12.6. The molecule has 3 rings (SSSR count). The summed E-state index contributed by atoms with van der Waals surface area (Å²) in [6.07, 6.45) is 0.532. The molecule has 3 amide bonds. The van der Waals surface area contributed by atoms with Gasteiger partial charge >= 0.3 is 0 Å². The number of fused-ring (bicyclic) bond motifs is 1. The molecule has 1 aromatic rings. The van der Waals surface area contributed by atoms with Crippen molar-refractivity contribution in [2.45, 2.75) is 25.9 Å². The van der Waals surface area contributed by atoms with E-state index in [1.165, 1.54) is 4.90 Å². The fraction of sp³-hybridized carbons (Fsp3) is 0.471. The van der Waals surface area contributed by atoms with Crippen molar-refractivity contribution in [3.05, 3.63) is 24.3 Å². The van der Waals surface area contributed by atoms with Gasteiger partial charge in [0, 0.05) is 19.0 Å². The van der Waals surface area contributed by atoms with Gasteiger partial charge in [0.1, 0.15) is 12.3 Å². The molecule has 128 valence electrons. The summed E-state index contributed by atoms with van der Waals surface area (Å²) < 4.78 is 5.57. The van der Waals surface area contributed by atoms with Crippen molar-refractivity contribution in [3.8, 4) is 5.75 Å². The number of ether oxygens (including phenoxy) is 1. The number of carbonyl (C=O) groups excluding carboxylic acids is 3. The third kappa shape index (κ3) is 3.06. The van der Waals surface area contributed by atoms with Gasteiger partial charge in [0.2, 0.25) is 11.8 Å². The number of primary amides is 1. The highest BCUT2D eigenvalue weighted by Crippen LogP contribution is 2.33. The molecule has 0 radical (unpaired) electrons. The van der Waals surface area contributed by atoms with E-state index in [0.717, 1.165) is 0 Å². The van der Waals surface area contributed by atoms with Crippen molar-refractivity contribution in [1.82, 2.24) is 4.90 Å². The zero-order valence-corrected chi connectivity index (χ0v) is 13.6. The van der Waals surface area contributed by atoms with E-state index in [-0.39, 0.29) is 30.2 Å². The van der Waals surface area contributed by atoms with Crippen molar-refractivity contribution in [1.29, 1.82) is 0 Å². The lowest BCUT2D eigenvalue weighted by Crippen LogP contribution is -2.51. The second-order valence-electron chi connectivity index (χ2n) is 6.21. The minimum Gasteiger partial charge on any atom is -0.479 e. The Kier molecular flexibility index (Phi) is 4.42. The van der Waals surface area contributed by atoms with Gasteiger partial charge < -0.3 is 15.4 Å². The van der Waals surface area contributed by atoms with Crippen LogP contribution in [0.3, 0.4) is 0 Å². The number of piperidine rings is 1. The number of hydrogen-bond donors (Lipinski definition) is 1. The minimum atomic E-state index is -0.617. The van der Waals surface area contributed by atoms with Crippen molar-refractivity contribution in [2.24, 2.45) is 11.7 Å². The standard InChI is InChI=1S/C17H21N3O4/c1-11-17(23)20(13-4-2-3-5-14(13)24-11)10-15(21)19-8-6-12(7-9-19)16(18)22/h2-5,11-12H,6-10H2,1H3,(H2,18,22). The van der Waals surface area contributed by atoms with Crippen LogP contribution in [0.15, 0.2) is 24.3 Å². The zero-order valence-electron chi connectivity index (χ0n) is 13.6.